The Bertz CT molecular complexity index is 113. The van der Waals surface area contributed by atoms with Crippen molar-refractivity contribution in [2.45, 2.75) is 64.2 Å². The van der Waals surface area contributed by atoms with Crippen molar-refractivity contribution in [3.8, 4) is 0 Å². The maximum Gasteiger partial charge on any atom is -0.0351 e. The van der Waals surface area contributed by atoms with Gasteiger partial charge in [0, 0.05) is 0 Å². The van der Waals surface area contributed by atoms with Gasteiger partial charge in [-0.25, -0.2) is 0 Å². The molecule has 0 spiro atoms. The van der Waals surface area contributed by atoms with Crippen LogP contribution in [0.25, 0.3) is 0 Å². The van der Waals surface area contributed by atoms with E-state index in [4.69, 9.17) is 0 Å². The van der Waals surface area contributed by atoms with Crippen LogP contribution in [-0.2, 0) is 0 Å². The number of allylic oxidation sites excluding steroid dienone is 2. The summed E-state index contributed by atoms with van der Waals surface area (Å²) in [5.41, 5.74) is 0. The van der Waals surface area contributed by atoms with Crippen LogP contribution >= 0.6 is 0 Å². The molecule has 0 aromatic heterocycles. The van der Waals surface area contributed by atoms with Gasteiger partial charge in [-0.2, -0.15) is 0 Å². The second kappa shape index (κ2) is 12.7. The second-order valence-electron chi connectivity index (χ2n) is 3.88. The van der Waals surface area contributed by atoms with Crippen LogP contribution < -0.4 is 0 Å². The molecule has 0 saturated carbocycles. The molecule has 0 heteroatoms. The summed E-state index contributed by atoms with van der Waals surface area (Å²) in [6.07, 6.45) is 17.4. The normalized spacial score (nSPS) is 11.3. The van der Waals surface area contributed by atoms with Crippen molar-refractivity contribution >= 4 is 0 Å². The fourth-order valence-electron chi connectivity index (χ4n) is 1.56. The molecule has 0 rings (SSSR count). The zero-order valence-corrected chi connectivity index (χ0v) is 9.64. The SMILES string of the molecule is [CH2]C/C=C/CCCCCCCCC[CH2]. The third-order valence-electron chi connectivity index (χ3n) is 2.45. The van der Waals surface area contributed by atoms with Crippen molar-refractivity contribution in [3.05, 3.63) is 26.0 Å². The monoisotopic (exact) mass is 194 g/mol. The van der Waals surface area contributed by atoms with Crippen molar-refractivity contribution in [1.29, 1.82) is 0 Å². The van der Waals surface area contributed by atoms with Crippen LogP contribution in [0, 0.1) is 13.8 Å². The first-order chi connectivity index (χ1) is 6.91. The van der Waals surface area contributed by atoms with E-state index in [-0.39, 0.29) is 0 Å². The minimum atomic E-state index is 0.936. The molecule has 0 aliphatic rings. The van der Waals surface area contributed by atoms with Gasteiger partial charge in [0.2, 0.25) is 0 Å². The Hall–Kier alpha value is -0.260. The summed E-state index contributed by atoms with van der Waals surface area (Å²) in [6, 6.07) is 0. The summed E-state index contributed by atoms with van der Waals surface area (Å²) in [5.74, 6) is 0. The molecule has 0 amide bonds. The molecule has 0 fully saturated rings. The molecule has 0 aromatic rings. The largest absolute Gasteiger partial charge is 0.0885 e. The Morgan fingerprint density at radius 1 is 0.643 bits per heavy atom. The maximum absolute atomic E-state index is 3.85. The molecule has 0 aliphatic carbocycles. The zero-order valence-electron chi connectivity index (χ0n) is 9.64. The van der Waals surface area contributed by atoms with E-state index in [2.05, 4.69) is 26.0 Å². The highest BCUT2D eigenvalue weighted by Gasteiger charge is 1.89. The predicted molar refractivity (Wildman–Crippen MR) is 66.0 cm³/mol. The highest BCUT2D eigenvalue weighted by molar-refractivity contribution is 4.81. The lowest BCUT2D eigenvalue weighted by molar-refractivity contribution is 0.583. The highest BCUT2D eigenvalue weighted by atomic mass is 14.0. The first-order valence-electron chi connectivity index (χ1n) is 6.15. The first kappa shape index (κ1) is 13.7. The highest BCUT2D eigenvalue weighted by Crippen LogP contribution is 2.09. The Morgan fingerprint density at radius 2 is 1.21 bits per heavy atom. The lowest BCUT2D eigenvalue weighted by Crippen LogP contribution is -1.79. The van der Waals surface area contributed by atoms with Crippen molar-refractivity contribution < 1.29 is 0 Å². The topological polar surface area (TPSA) is 0 Å². The van der Waals surface area contributed by atoms with Gasteiger partial charge in [0.1, 0.15) is 0 Å². The van der Waals surface area contributed by atoms with Gasteiger partial charge in [-0.1, -0.05) is 64.0 Å². The molecule has 0 atom stereocenters. The average Bonchev–Trinajstić information content (AvgIpc) is 2.21. The summed E-state index contributed by atoms with van der Waals surface area (Å²) in [6.45, 7) is 7.62. The molecule has 0 bridgehead atoms. The molecule has 82 valence electrons. The van der Waals surface area contributed by atoms with E-state index < -0.39 is 0 Å². The lowest BCUT2D eigenvalue weighted by Gasteiger charge is -1.99. The summed E-state index contributed by atoms with van der Waals surface area (Å²) >= 11 is 0. The fraction of sp³-hybridized carbons (Fsp3) is 0.714. The first-order valence-corrected chi connectivity index (χ1v) is 6.15. The standard InChI is InChI=1S/C14H26/c1-3-5-7-9-11-13-14-12-10-8-6-4-2/h5,7H,1-4,6,8-14H2/b7-5+. The Labute approximate surface area is 90.8 Å². The molecule has 0 saturated heterocycles. The van der Waals surface area contributed by atoms with Gasteiger partial charge < -0.3 is 0 Å². The summed E-state index contributed by atoms with van der Waals surface area (Å²) in [4.78, 5) is 0. The molecule has 0 nitrogen and oxygen atoms in total. The maximum atomic E-state index is 3.85. The number of rotatable bonds is 10. The lowest BCUT2D eigenvalue weighted by atomic mass is 10.1. The van der Waals surface area contributed by atoms with E-state index in [1.165, 1.54) is 51.4 Å². The van der Waals surface area contributed by atoms with Crippen molar-refractivity contribution in [3.63, 3.8) is 0 Å². The Kier molecular flexibility index (Phi) is 12.5. The quantitative estimate of drug-likeness (QED) is 0.335. The Morgan fingerprint density at radius 3 is 1.79 bits per heavy atom. The van der Waals surface area contributed by atoms with E-state index in [9.17, 15) is 0 Å². The van der Waals surface area contributed by atoms with Gasteiger partial charge in [0.15, 0.2) is 0 Å². The molecule has 0 aromatic carbocycles. The third-order valence-corrected chi connectivity index (χ3v) is 2.45. The smallest absolute Gasteiger partial charge is 0.0351 e. The van der Waals surface area contributed by atoms with E-state index in [0.29, 0.717) is 0 Å². The van der Waals surface area contributed by atoms with Crippen molar-refractivity contribution in [1.82, 2.24) is 0 Å². The van der Waals surface area contributed by atoms with Crippen molar-refractivity contribution in [2.24, 2.45) is 0 Å². The predicted octanol–water partition coefficient (Wildman–Crippen LogP) is 5.11. The fourth-order valence-corrected chi connectivity index (χ4v) is 1.56. The van der Waals surface area contributed by atoms with E-state index >= 15 is 0 Å². The zero-order chi connectivity index (χ0) is 10.5. The molecule has 2 radical (unpaired) electrons. The van der Waals surface area contributed by atoms with Crippen LogP contribution in [0.3, 0.4) is 0 Å². The van der Waals surface area contributed by atoms with Gasteiger partial charge in [-0.15, -0.1) is 0 Å². The van der Waals surface area contributed by atoms with E-state index in [1.807, 2.05) is 0 Å². The van der Waals surface area contributed by atoms with Crippen LogP contribution in [0.5, 0.6) is 0 Å². The number of hydrogen-bond donors (Lipinski definition) is 0. The molecule has 0 unspecified atom stereocenters. The van der Waals surface area contributed by atoms with Crippen LogP contribution in [0.4, 0.5) is 0 Å². The summed E-state index contributed by atoms with van der Waals surface area (Å²) in [7, 11) is 0. The molecule has 0 N–H and O–H groups in total. The summed E-state index contributed by atoms with van der Waals surface area (Å²) < 4.78 is 0. The van der Waals surface area contributed by atoms with Gasteiger partial charge in [-0.3, -0.25) is 0 Å². The van der Waals surface area contributed by atoms with Crippen LogP contribution in [0.15, 0.2) is 12.2 Å². The number of unbranched alkanes of at least 4 members (excludes halogenated alkanes) is 8. The minimum Gasteiger partial charge on any atom is -0.0885 e. The van der Waals surface area contributed by atoms with Crippen molar-refractivity contribution in [2.75, 3.05) is 0 Å². The van der Waals surface area contributed by atoms with Gasteiger partial charge >= 0.3 is 0 Å². The molecular formula is C14H26. The Balaban J connectivity index is 2.88. The van der Waals surface area contributed by atoms with E-state index in [1.54, 1.807) is 0 Å². The third kappa shape index (κ3) is 11.7. The van der Waals surface area contributed by atoms with Gasteiger partial charge in [0.25, 0.3) is 0 Å². The second-order valence-corrected chi connectivity index (χ2v) is 3.88. The van der Waals surface area contributed by atoms with Gasteiger partial charge in [0.05, 0.1) is 0 Å². The summed E-state index contributed by atoms with van der Waals surface area (Å²) in [5, 5.41) is 0. The van der Waals surface area contributed by atoms with Crippen LogP contribution in [-0.4, -0.2) is 0 Å². The molecule has 0 heterocycles. The van der Waals surface area contributed by atoms with Crippen LogP contribution in [0.2, 0.25) is 0 Å². The van der Waals surface area contributed by atoms with Crippen LogP contribution in [0.1, 0.15) is 64.2 Å². The van der Waals surface area contributed by atoms with E-state index in [0.717, 1.165) is 12.8 Å². The molecule has 14 heavy (non-hydrogen) atoms. The number of hydrogen-bond acceptors (Lipinski definition) is 0. The molecular weight excluding hydrogens is 168 g/mol. The minimum absolute atomic E-state index is 0.936. The van der Waals surface area contributed by atoms with Gasteiger partial charge in [-0.05, 0) is 26.2 Å². The molecule has 0 aliphatic heterocycles. The average molecular weight is 194 g/mol.